The molecule has 10 aliphatic rings. The quantitative estimate of drug-likeness (QED) is 0.419. The summed E-state index contributed by atoms with van der Waals surface area (Å²) in [5, 5.41) is 0. The van der Waals surface area contributed by atoms with Crippen LogP contribution in [0.15, 0.2) is 13.2 Å². The van der Waals surface area contributed by atoms with E-state index in [0.717, 1.165) is 0 Å². The van der Waals surface area contributed by atoms with Gasteiger partial charge in [0.1, 0.15) is 0 Å². The van der Waals surface area contributed by atoms with Gasteiger partial charge in [0.2, 0.25) is 0 Å². The van der Waals surface area contributed by atoms with Gasteiger partial charge < -0.3 is 0 Å². The first-order valence-electron chi connectivity index (χ1n) is 5.87. The van der Waals surface area contributed by atoms with Crippen LogP contribution in [-0.4, -0.2) is 0 Å². The monoisotopic (exact) mass is 214 g/mol. The van der Waals surface area contributed by atoms with Gasteiger partial charge in [0, 0.05) is 0 Å². The summed E-state index contributed by atoms with van der Waals surface area (Å²) < 4.78 is 0. The summed E-state index contributed by atoms with van der Waals surface area (Å²) in [5.74, 6) is 0. The van der Waals surface area contributed by atoms with Crippen LogP contribution in [0.5, 0.6) is 0 Å². The van der Waals surface area contributed by atoms with Crippen LogP contribution in [0.2, 0.25) is 48.2 Å². The van der Waals surface area contributed by atoms with Gasteiger partial charge in [0.15, 0.2) is 0 Å². The molecule has 0 saturated carbocycles. The van der Waals surface area contributed by atoms with Crippen molar-refractivity contribution >= 4 is 0 Å². The van der Waals surface area contributed by atoms with Gasteiger partial charge in [-0.25, -0.2) is 0 Å². The van der Waals surface area contributed by atoms with Crippen molar-refractivity contribution in [3.8, 4) is 0 Å². The van der Waals surface area contributed by atoms with E-state index in [-0.39, 0.29) is 0 Å². The van der Waals surface area contributed by atoms with Crippen molar-refractivity contribution in [1.82, 2.24) is 0 Å². The topological polar surface area (TPSA) is 0 Å². The Hall–Kier alpha value is 0.259. The van der Waals surface area contributed by atoms with Crippen molar-refractivity contribution in [2.75, 3.05) is 0 Å². The number of hydrogen-bond donors (Lipinski definition) is 0. The van der Waals surface area contributed by atoms with E-state index in [4.69, 9.17) is 0 Å². The fraction of sp³-hybridized carbons (Fsp3) is 0.833. The van der Waals surface area contributed by atoms with Crippen molar-refractivity contribution in [1.29, 1.82) is 0 Å². The SMILES string of the molecule is C=C.[CH]12[CH]3[CH]4[CH]5[CH]1[Fe]23451678[CH]2[CH]1[CH]6[CH]7[CH]28. The standard InChI is InChI=1S/2C5H5.C2H4.Fe/c2*1-2-4-5-3-1;1-2;/h2*1-5H;1-2H2;. The second-order valence-corrected chi connectivity index (χ2v) is 33.5. The van der Waals surface area contributed by atoms with Crippen LogP contribution in [0, 0.1) is 0 Å². The normalized spacial score (nSPS) is 145. The molecular weight excluding hydrogens is 200 g/mol. The molecule has 10 fully saturated rings. The molecule has 0 amide bonds. The van der Waals surface area contributed by atoms with E-state index in [1.807, 2.05) is 0 Å². The van der Waals surface area contributed by atoms with E-state index in [0.29, 0.717) is 0 Å². The van der Waals surface area contributed by atoms with Crippen molar-refractivity contribution < 1.29 is 6.51 Å². The van der Waals surface area contributed by atoms with Gasteiger partial charge in [0.05, 0.1) is 0 Å². The van der Waals surface area contributed by atoms with E-state index < -0.39 is 6.51 Å². The predicted octanol–water partition coefficient (Wildman–Crippen LogP) is 4.18. The van der Waals surface area contributed by atoms with Crippen LogP contribution < -0.4 is 0 Å². The molecule has 0 atom stereocenters. The third kappa shape index (κ3) is 0.0322. The molecule has 0 radical (unpaired) electrons. The summed E-state index contributed by atoms with van der Waals surface area (Å²) in [4.78, 5) is 15.9. The summed E-state index contributed by atoms with van der Waals surface area (Å²) in [5.41, 5.74) is 0. The Bertz CT molecular complexity index is 588. The molecule has 0 nitrogen and oxygen atoms in total. The van der Waals surface area contributed by atoms with E-state index >= 15 is 0 Å². The molecule has 70 valence electrons. The van der Waals surface area contributed by atoms with E-state index in [2.05, 4.69) is 13.2 Å². The van der Waals surface area contributed by atoms with Crippen molar-refractivity contribution in [2.24, 2.45) is 0 Å². The summed E-state index contributed by atoms with van der Waals surface area (Å²) in [6.45, 7) is 3.72. The van der Waals surface area contributed by atoms with Gasteiger partial charge in [-0.2, -0.15) is 0 Å². The maximum absolute atomic E-state index is 3.00. The molecule has 0 aliphatic carbocycles. The zero-order chi connectivity index (χ0) is 8.09. The Morgan fingerprint density at radius 3 is 0.615 bits per heavy atom. The Balaban J connectivity index is 0.000000212. The Labute approximate surface area is 68.1 Å². The average molecular weight is 214 g/mol. The van der Waals surface area contributed by atoms with E-state index in [1.165, 1.54) is 0 Å². The fourth-order valence-electron chi connectivity index (χ4n) is 15.8. The van der Waals surface area contributed by atoms with Crippen LogP contribution in [0.4, 0.5) is 0 Å². The zero-order valence-corrected chi connectivity index (χ0v) is 8.65. The first-order valence-corrected chi connectivity index (χ1v) is 12.2. The van der Waals surface area contributed by atoms with Crippen LogP contribution in [0.1, 0.15) is 0 Å². The molecule has 0 N–H and O–H groups in total. The van der Waals surface area contributed by atoms with Crippen molar-refractivity contribution in [2.45, 2.75) is 48.2 Å². The van der Waals surface area contributed by atoms with E-state index in [9.17, 15) is 0 Å². The van der Waals surface area contributed by atoms with Gasteiger partial charge in [0.25, 0.3) is 0 Å². The minimum atomic E-state index is -2.28. The van der Waals surface area contributed by atoms with Crippen LogP contribution >= 0.6 is 0 Å². The number of hydrogen-bond acceptors (Lipinski definition) is 0. The third-order valence-electron chi connectivity index (χ3n) is 14.5. The third-order valence-corrected chi connectivity index (χ3v) is 56.5. The predicted molar refractivity (Wildman–Crippen MR) is 48.8 cm³/mol. The Kier molecular flexibility index (Phi) is 0.0931. The molecular formula is C12H14Fe. The molecule has 13 heavy (non-hydrogen) atoms. The second kappa shape index (κ2) is 0.274. The maximum atomic E-state index is 3.00. The molecule has 1 heteroatoms. The van der Waals surface area contributed by atoms with Gasteiger partial charge in [-0.15, -0.1) is 13.2 Å². The summed E-state index contributed by atoms with van der Waals surface area (Å²) in [6, 6.07) is 0. The van der Waals surface area contributed by atoms with Gasteiger partial charge in [-0.1, -0.05) is 0 Å². The van der Waals surface area contributed by atoms with E-state index in [1.54, 1.807) is 48.2 Å². The number of fused-ring (bicyclic) bond motifs is 10. The molecule has 0 aromatic heterocycles. The fourth-order valence-corrected chi connectivity index (χ4v) is 88.0. The van der Waals surface area contributed by atoms with Gasteiger partial charge in [-0.3, -0.25) is 0 Å². The molecule has 10 rings (SSSR count). The first-order chi connectivity index (χ1) is 6.16. The molecule has 0 aromatic rings. The summed E-state index contributed by atoms with van der Waals surface area (Å²) in [6.07, 6.45) is 0. The molecule has 0 unspecified atom stereocenters. The van der Waals surface area contributed by atoms with Gasteiger partial charge >= 0.3 is 54.7 Å². The molecule has 0 aromatic carbocycles. The Morgan fingerprint density at radius 2 is 0.615 bits per heavy atom. The molecule has 0 bridgehead atoms. The van der Waals surface area contributed by atoms with Crippen LogP contribution in [0.3, 0.4) is 0 Å². The average Bonchev–Trinajstić information content (AvgIpc) is 3.15. The van der Waals surface area contributed by atoms with Crippen LogP contribution in [-0.2, 0) is 6.51 Å². The summed E-state index contributed by atoms with van der Waals surface area (Å²) in [7, 11) is 0. The van der Waals surface area contributed by atoms with Crippen LogP contribution in [0.25, 0.3) is 0 Å². The zero-order valence-electron chi connectivity index (χ0n) is 7.54. The first kappa shape index (κ1) is 4.41. The van der Waals surface area contributed by atoms with Crippen molar-refractivity contribution in [3.05, 3.63) is 13.2 Å². The molecule has 10 heterocycles. The molecule has 10 aliphatic heterocycles. The van der Waals surface area contributed by atoms with Gasteiger partial charge in [-0.05, 0) is 0 Å². The molecule has 10 saturated heterocycles. The number of rotatable bonds is 0. The summed E-state index contributed by atoms with van der Waals surface area (Å²) >= 11 is 0. The molecule has 1 spiro atoms. The Morgan fingerprint density at radius 1 is 0.462 bits per heavy atom. The van der Waals surface area contributed by atoms with Crippen molar-refractivity contribution in [3.63, 3.8) is 0 Å². The minimum absolute atomic E-state index is 1.59. The second-order valence-electron chi connectivity index (χ2n) is 9.58.